The Morgan fingerprint density at radius 1 is 1.03 bits per heavy atom. The van der Waals surface area contributed by atoms with E-state index in [9.17, 15) is 4.79 Å². The van der Waals surface area contributed by atoms with Gasteiger partial charge in [0, 0.05) is 42.5 Å². The first-order chi connectivity index (χ1) is 14.1. The lowest BCUT2D eigenvalue weighted by molar-refractivity contribution is -0.122. The molecule has 4 nitrogen and oxygen atoms in total. The van der Waals surface area contributed by atoms with Crippen LogP contribution in [0.1, 0.15) is 63.9 Å². The van der Waals surface area contributed by atoms with Crippen LogP contribution < -0.4 is 10.2 Å². The number of benzene rings is 1. The lowest BCUT2D eigenvalue weighted by Gasteiger charge is -2.43. The van der Waals surface area contributed by atoms with Crippen molar-refractivity contribution in [2.24, 2.45) is 17.8 Å². The molecule has 1 N–H and O–H groups in total. The first kappa shape index (κ1) is 19.4. The third kappa shape index (κ3) is 3.81. The number of aryl methyl sites for hydroxylation is 1. The van der Waals surface area contributed by atoms with Crippen molar-refractivity contribution >= 4 is 17.3 Å². The maximum absolute atomic E-state index is 12.8. The van der Waals surface area contributed by atoms with Crippen LogP contribution in [-0.2, 0) is 4.79 Å². The highest BCUT2D eigenvalue weighted by Gasteiger charge is 2.39. The van der Waals surface area contributed by atoms with Gasteiger partial charge in [-0.1, -0.05) is 0 Å². The van der Waals surface area contributed by atoms with Crippen molar-refractivity contribution in [2.45, 2.75) is 77.3 Å². The zero-order chi connectivity index (χ0) is 20.0. The van der Waals surface area contributed by atoms with Crippen molar-refractivity contribution in [3.63, 3.8) is 0 Å². The van der Waals surface area contributed by atoms with Crippen LogP contribution in [-0.4, -0.2) is 42.5 Å². The van der Waals surface area contributed by atoms with Crippen LogP contribution in [0.5, 0.6) is 0 Å². The number of carbonyl (C=O) groups excluding carboxylic acids is 1. The van der Waals surface area contributed by atoms with E-state index in [0.717, 1.165) is 49.5 Å². The van der Waals surface area contributed by atoms with E-state index >= 15 is 0 Å². The van der Waals surface area contributed by atoms with Crippen molar-refractivity contribution in [1.82, 2.24) is 4.90 Å². The largest absolute Gasteiger partial charge is 0.370 e. The second kappa shape index (κ2) is 7.94. The average molecular weight is 396 g/mol. The van der Waals surface area contributed by atoms with Gasteiger partial charge in [-0.2, -0.15) is 0 Å². The molecule has 1 aromatic carbocycles. The number of nitrogens with zero attached hydrogens (tertiary/aromatic N) is 2. The molecule has 5 atom stereocenters. The molecule has 0 bridgehead atoms. The maximum Gasteiger partial charge on any atom is 0.227 e. The number of hydrogen-bond acceptors (Lipinski definition) is 3. The van der Waals surface area contributed by atoms with Crippen LogP contribution in [0.15, 0.2) is 18.2 Å². The Morgan fingerprint density at radius 3 is 2.55 bits per heavy atom. The Bertz CT molecular complexity index is 762. The minimum Gasteiger partial charge on any atom is -0.370 e. The van der Waals surface area contributed by atoms with Gasteiger partial charge >= 0.3 is 0 Å². The summed E-state index contributed by atoms with van der Waals surface area (Å²) in [7, 11) is 0. The molecule has 4 heteroatoms. The lowest BCUT2D eigenvalue weighted by atomic mass is 9.62. The smallest absolute Gasteiger partial charge is 0.227 e. The van der Waals surface area contributed by atoms with E-state index in [4.69, 9.17) is 0 Å². The van der Waals surface area contributed by atoms with Gasteiger partial charge < -0.3 is 10.2 Å². The summed E-state index contributed by atoms with van der Waals surface area (Å²) in [6.07, 6.45) is 10.2. The van der Waals surface area contributed by atoms with E-state index in [1.54, 1.807) is 0 Å². The normalized spacial score (nSPS) is 34.7. The SMILES string of the molecule is Cc1cc(NC(=O)C2CCC3CC[C@H]3C2)ccc1N1CCC(N2CCCC2C)C1. The summed E-state index contributed by atoms with van der Waals surface area (Å²) in [5.41, 5.74) is 3.59. The van der Waals surface area contributed by atoms with Crippen molar-refractivity contribution in [1.29, 1.82) is 0 Å². The summed E-state index contributed by atoms with van der Waals surface area (Å²) in [6.45, 7) is 8.13. The van der Waals surface area contributed by atoms with Gasteiger partial charge in [0.05, 0.1) is 0 Å². The van der Waals surface area contributed by atoms with Crippen molar-refractivity contribution in [3.8, 4) is 0 Å². The van der Waals surface area contributed by atoms with Crippen LogP contribution in [0.25, 0.3) is 0 Å². The highest BCUT2D eigenvalue weighted by Crippen LogP contribution is 2.47. The summed E-state index contributed by atoms with van der Waals surface area (Å²) < 4.78 is 0. The molecular formula is C25H37N3O. The molecule has 2 saturated heterocycles. The van der Waals surface area contributed by atoms with Gasteiger partial charge in [0.2, 0.25) is 5.91 Å². The minimum atomic E-state index is 0.221. The maximum atomic E-state index is 12.8. The summed E-state index contributed by atoms with van der Waals surface area (Å²) in [5.74, 6) is 2.21. The number of carbonyl (C=O) groups is 1. The molecule has 1 aromatic rings. The van der Waals surface area contributed by atoms with Crippen LogP contribution >= 0.6 is 0 Å². The number of fused-ring (bicyclic) bond motifs is 1. The molecule has 4 fully saturated rings. The predicted octanol–water partition coefficient (Wildman–Crippen LogP) is 4.82. The topological polar surface area (TPSA) is 35.6 Å². The molecule has 4 aliphatic rings. The second-order valence-corrected chi connectivity index (χ2v) is 10.2. The number of rotatable bonds is 4. The number of likely N-dealkylation sites (tertiary alicyclic amines) is 1. The fourth-order valence-corrected chi connectivity index (χ4v) is 6.53. The molecule has 29 heavy (non-hydrogen) atoms. The fraction of sp³-hybridized carbons (Fsp3) is 0.720. The second-order valence-electron chi connectivity index (χ2n) is 10.2. The molecule has 0 radical (unpaired) electrons. The number of amides is 1. The van der Waals surface area contributed by atoms with Gasteiger partial charge in [-0.05, 0) is 107 Å². The third-order valence-corrected chi connectivity index (χ3v) is 8.46. The highest BCUT2D eigenvalue weighted by atomic mass is 16.1. The molecule has 158 valence electrons. The molecule has 2 aliphatic heterocycles. The Kier molecular flexibility index (Phi) is 5.32. The molecule has 2 saturated carbocycles. The molecule has 1 amide bonds. The van der Waals surface area contributed by atoms with Gasteiger partial charge in [-0.15, -0.1) is 0 Å². The molecule has 4 unspecified atom stereocenters. The van der Waals surface area contributed by atoms with Crippen molar-refractivity contribution < 1.29 is 4.79 Å². The number of anilines is 2. The average Bonchev–Trinajstić information content (AvgIpc) is 3.31. The zero-order valence-corrected chi connectivity index (χ0v) is 18.2. The molecule has 0 spiro atoms. The molecule has 2 heterocycles. The van der Waals surface area contributed by atoms with Gasteiger partial charge in [0.25, 0.3) is 0 Å². The Morgan fingerprint density at radius 2 is 1.86 bits per heavy atom. The van der Waals surface area contributed by atoms with E-state index in [1.165, 1.54) is 56.3 Å². The summed E-state index contributed by atoms with van der Waals surface area (Å²) >= 11 is 0. The predicted molar refractivity (Wildman–Crippen MR) is 119 cm³/mol. The van der Waals surface area contributed by atoms with Crippen LogP contribution in [0.2, 0.25) is 0 Å². The molecule has 2 aliphatic carbocycles. The first-order valence-corrected chi connectivity index (χ1v) is 12.0. The van der Waals surface area contributed by atoms with E-state index in [0.29, 0.717) is 6.04 Å². The van der Waals surface area contributed by atoms with E-state index in [1.807, 2.05) is 0 Å². The van der Waals surface area contributed by atoms with Gasteiger partial charge in [-0.25, -0.2) is 0 Å². The summed E-state index contributed by atoms with van der Waals surface area (Å²) in [4.78, 5) is 18.1. The molecule has 5 rings (SSSR count). The molecule has 0 aromatic heterocycles. The third-order valence-electron chi connectivity index (χ3n) is 8.46. The Balaban J connectivity index is 1.20. The minimum absolute atomic E-state index is 0.221. The highest BCUT2D eigenvalue weighted by molar-refractivity contribution is 5.93. The van der Waals surface area contributed by atoms with Gasteiger partial charge in [0.1, 0.15) is 0 Å². The van der Waals surface area contributed by atoms with E-state index < -0.39 is 0 Å². The monoisotopic (exact) mass is 395 g/mol. The van der Waals surface area contributed by atoms with Crippen LogP contribution in [0.3, 0.4) is 0 Å². The number of hydrogen-bond donors (Lipinski definition) is 1. The van der Waals surface area contributed by atoms with E-state index in [2.05, 4.69) is 47.2 Å². The standard InChI is InChI=1S/C25H37N3O/c1-17-14-22(26-25(29)21-8-6-19-5-7-20(19)15-21)9-10-24(17)27-13-11-23(16-27)28-12-3-4-18(28)2/h9-10,14,18-21,23H,3-8,11-13,15-16H2,1-2H3,(H,26,29)/t18?,19?,20-,21?,23?/m0/s1. The van der Waals surface area contributed by atoms with Gasteiger partial charge in [0.15, 0.2) is 0 Å². The first-order valence-electron chi connectivity index (χ1n) is 12.0. The van der Waals surface area contributed by atoms with Crippen molar-refractivity contribution in [2.75, 3.05) is 29.9 Å². The Labute approximate surface area is 176 Å². The summed E-state index contributed by atoms with van der Waals surface area (Å²) in [5, 5.41) is 3.22. The van der Waals surface area contributed by atoms with Crippen molar-refractivity contribution in [3.05, 3.63) is 23.8 Å². The molecular weight excluding hydrogens is 358 g/mol. The summed E-state index contributed by atoms with van der Waals surface area (Å²) in [6, 6.07) is 7.96. The Hall–Kier alpha value is -1.55. The fourth-order valence-electron chi connectivity index (χ4n) is 6.53. The van der Waals surface area contributed by atoms with Crippen LogP contribution in [0, 0.1) is 24.7 Å². The lowest BCUT2D eigenvalue weighted by Crippen LogP contribution is -2.39. The van der Waals surface area contributed by atoms with E-state index in [-0.39, 0.29) is 11.8 Å². The quantitative estimate of drug-likeness (QED) is 0.794. The number of nitrogens with one attached hydrogen (secondary N) is 1. The van der Waals surface area contributed by atoms with Gasteiger partial charge in [-0.3, -0.25) is 9.69 Å². The van der Waals surface area contributed by atoms with Crippen LogP contribution in [0.4, 0.5) is 11.4 Å². The zero-order valence-electron chi connectivity index (χ0n) is 18.2.